The molecule has 0 aliphatic carbocycles. The third kappa shape index (κ3) is 3.70. The minimum absolute atomic E-state index is 0.0617. The van der Waals surface area contributed by atoms with Crippen molar-refractivity contribution in [1.82, 2.24) is 4.90 Å². The fraction of sp³-hybridized carbons (Fsp3) is 0.857. The molecule has 20 heavy (non-hydrogen) atoms. The van der Waals surface area contributed by atoms with Crippen LogP contribution in [0.25, 0.3) is 0 Å². The zero-order valence-electron chi connectivity index (χ0n) is 11.9. The van der Waals surface area contributed by atoms with Crippen molar-refractivity contribution >= 4 is 11.8 Å². The second-order valence-electron chi connectivity index (χ2n) is 5.85. The van der Waals surface area contributed by atoms with Crippen LogP contribution in [-0.2, 0) is 14.3 Å². The van der Waals surface area contributed by atoms with Gasteiger partial charge in [-0.05, 0) is 31.6 Å². The molecule has 2 atom stereocenters. The van der Waals surface area contributed by atoms with Gasteiger partial charge in [0.1, 0.15) is 0 Å². The summed E-state index contributed by atoms with van der Waals surface area (Å²) in [6.07, 6.45) is 4.35. The monoisotopic (exact) mass is 283 g/mol. The number of likely N-dealkylation sites (tertiary alicyclic amines) is 1. The predicted molar refractivity (Wildman–Crippen MR) is 74.7 cm³/mol. The van der Waals surface area contributed by atoms with Gasteiger partial charge in [0, 0.05) is 44.7 Å². The van der Waals surface area contributed by atoms with Gasteiger partial charge in [-0.2, -0.15) is 0 Å². The quantitative estimate of drug-likeness (QED) is 0.741. The predicted octanol–water partition coefficient (Wildman–Crippen LogP) is -0.00320. The highest BCUT2D eigenvalue weighted by Gasteiger charge is 2.37. The van der Waals surface area contributed by atoms with Gasteiger partial charge in [-0.15, -0.1) is 0 Å². The average molecular weight is 283 g/mol. The summed E-state index contributed by atoms with van der Waals surface area (Å²) in [5, 5.41) is 0. The van der Waals surface area contributed by atoms with Crippen LogP contribution in [0.15, 0.2) is 0 Å². The Morgan fingerprint density at radius 2 is 1.70 bits per heavy atom. The summed E-state index contributed by atoms with van der Waals surface area (Å²) in [5.74, 6) is 0.164. The van der Waals surface area contributed by atoms with Gasteiger partial charge in [0.15, 0.2) is 0 Å². The van der Waals surface area contributed by atoms with Gasteiger partial charge in [0.25, 0.3) is 0 Å². The van der Waals surface area contributed by atoms with Crippen LogP contribution in [0.3, 0.4) is 0 Å². The maximum Gasteiger partial charge on any atom is 0.223 e. The molecule has 2 aliphatic rings. The van der Waals surface area contributed by atoms with E-state index in [4.69, 9.17) is 16.2 Å². The number of amides is 2. The molecular formula is C14H25N3O3. The van der Waals surface area contributed by atoms with Gasteiger partial charge in [-0.3, -0.25) is 9.59 Å². The van der Waals surface area contributed by atoms with Gasteiger partial charge < -0.3 is 21.1 Å². The second-order valence-corrected chi connectivity index (χ2v) is 5.85. The van der Waals surface area contributed by atoms with Gasteiger partial charge in [-0.25, -0.2) is 0 Å². The number of nitrogens with two attached hydrogens (primary N) is 2. The maximum absolute atomic E-state index is 12.6. The van der Waals surface area contributed by atoms with E-state index in [9.17, 15) is 9.59 Å². The number of ether oxygens (including phenoxy) is 1. The molecule has 0 aromatic carbocycles. The first-order valence-corrected chi connectivity index (χ1v) is 7.49. The van der Waals surface area contributed by atoms with E-state index in [-0.39, 0.29) is 30.3 Å². The first-order chi connectivity index (χ1) is 9.61. The van der Waals surface area contributed by atoms with Crippen LogP contribution in [0.5, 0.6) is 0 Å². The van der Waals surface area contributed by atoms with Crippen molar-refractivity contribution in [3.05, 3.63) is 0 Å². The number of carbonyl (C=O) groups is 2. The van der Waals surface area contributed by atoms with Gasteiger partial charge >= 0.3 is 0 Å². The molecule has 0 spiro atoms. The molecule has 0 aromatic heterocycles. The third-order valence-electron chi connectivity index (χ3n) is 4.42. The molecule has 0 bridgehead atoms. The van der Waals surface area contributed by atoms with E-state index in [2.05, 4.69) is 0 Å². The highest BCUT2D eigenvalue weighted by molar-refractivity contribution is 5.80. The van der Waals surface area contributed by atoms with E-state index in [0.29, 0.717) is 18.9 Å². The SMILES string of the molecule is NC[C@@H]1CC[C@H](CC(N)=O)N1C(=O)CC1CCOCC1. The lowest BCUT2D eigenvalue weighted by Crippen LogP contribution is -2.46. The zero-order chi connectivity index (χ0) is 14.5. The van der Waals surface area contributed by atoms with Crippen LogP contribution in [0.1, 0.15) is 38.5 Å². The summed E-state index contributed by atoms with van der Waals surface area (Å²) < 4.78 is 5.32. The first-order valence-electron chi connectivity index (χ1n) is 7.49. The van der Waals surface area contributed by atoms with Crippen LogP contribution in [0, 0.1) is 5.92 Å². The molecule has 2 saturated heterocycles. The highest BCUT2D eigenvalue weighted by atomic mass is 16.5. The van der Waals surface area contributed by atoms with Crippen molar-refractivity contribution in [2.75, 3.05) is 19.8 Å². The lowest BCUT2D eigenvalue weighted by molar-refractivity contribution is -0.136. The number of carbonyl (C=O) groups excluding carboxylic acids is 2. The van der Waals surface area contributed by atoms with E-state index in [1.165, 1.54) is 0 Å². The molecule has 0 radical (unpaired) electrons. The number of nitrogens with zero attached hydrogens (tertiary/aromatic N) is 1. The normalized spacial score (nSPS) is 27.8. The molecule has 6 nitrogen and oxygen atoms in total. The van der Waals surface area contributed by atoms with Crippen LogP contribution < -0.4 is 11.5 Å². The van der Waals surface area contributed by atoms with Crippen molar-refractivity contribution < 1.29 is 14.3 Å². The van der Waals surface area contributed by atoms with Gasteiger partial charge in [0.2, 0.25) is 11.8 Å². The largest absolute Gasteiger partial charge is 0.381 e. The fourth-order valence-corrected chi connectivity index (χ4v) is 3.34. The Balaban J connectivity index is 1.97. The van der Waals surface area contributed by atoms with Crippen molar-refractivity contribution in [2.24, 2.45) is 17.4 Å². The Labute approximate surface area is 119 Å². The summed E-state index contributed by atoms with van der Waals surface area (Å²) in [6.45, 7) is 1.93. The standard InChI is InChI=1S/C14H25N3O3/c15-9-12-2-1-11(8-13(16)18)17(12)14(19)7-10-3-5-20-6-4-10/h10-12H,1-9,15H2,(H2,16,18)/t11-,12+/m1/s1. The third-order valence-corrected chi connectivity index (χ3v) is 4.42. The first kappa shape index (κ1) is 15.3. The van der Waals surface area contributed by atoms with E-state index < -0.39 is 0 Å². The Kier molecular flexibility index (Phi) is 5.37. The minimum atomic E-state index is -0.350. The Bertz CT molecular complexity index is 356. The molecule has 2 amide bonds. The van der Waals surface area contributed by atoms with E-state index in [1.807, 2.05) is 4.90 Å². The molecule has 2 rings (SSSR count). The number of rotatable bonds is 5. The molecule has 2 aliphatic heterocycles. The van der Waals surface area contributed by atoms with Gasteiger partial charge in [0.05, 0.1) is 0 Å². The van der Waals surface area contributed by atoms with Gasteiger partial charge in [-0.1, -0.05) is 0 Å². The molecular weight excluding hydrogens is 258 g/mol. The van der Waals surface area contributed by atoms with Crippen LogP contribution >= 0.6 is 0 Å². The summed E-state index contributed by atoms with van der Waals surface area (Å²) in [4.78, 5) is 25.5. The maximum atomic E-state index is 12.6. The summed E-state index contributed by atoms with van der Waals surface area (Å²) in [7, 11) is 0. The summed E-state index contributed by atoms with van der Waals surface area (Å²) in [5.41, 5.74) is 11.0. The molecule has 2 heterocycles. The van der Waals surface area contributed by atoms with Crippen LogP contribution in [0.4, 0.5) is 0 Å². The molecule has 0 unspecified atom stereocenters. The van der Waals surface area contributed by atoms with Crippen molar-refractivity contribution in [2.45, 2.75) is 50.6 Å². The van der Waals surface area contributed by atoms with Crippen LogP contribution in [-0.4, -0.2) is 48.6 Å². The van der Waals surface area contributed by atoms with E-state index in [1.54, 1.807) is 0 Å². The Hall–Kier alpha value is -1.14. The molecule has 114 valence electrons. The average Bonchev–Trinajstić information content (AvgIpc) is 2.82. The van der Waals surface area contributed by atoms with E-state index >= 15 is 0 Å². The molecule has 4 N–H and O–H groups in total. The molecule has 6 heteroatoms. The Morgan fingerprint density at radius 1 is 1.05 bits per heavy atom. The number of primary amides is 1. The van der Waals surface area contributed by atoms with Crippen molar-refractivity contribution in [1.29, 1.82) is 0 Å². The van der Waals surface area contributed by atoms with Crippen molar-refractivity contribution in [3.63, 3.8) is 0 Å². The zero-order valence-corrected chi connectivity index (χ0v) is 11.9. The van der Waals surface area contributed by atoms with Crippen LogP contribution in [0.2, 0.25) is 0 Å². The number of hydrogen-bond donors (Lipinski definition) is 2. The highest BCUT2D eigenvalue weighted by Crippen LogP contribution is 2.29. The second kappa shape index (κ2) is 7.04. The summed E-state index contributed by atoms with van der Waals surface area (Å²) >= 11 is 0. The molecule has 0 aromatic rings. The smallest absolute Gasteiger partial charge is 0.223 e. The Morgan fingerprint density at radius 3 is 2.30 bits per heavy atom. The molecule has 2 fully saturated rings. The minimum Gasteiger partial charge on any atom is -0.381 e. The topological polar surface area (TPSA) is 98.6 Å². The summed E-state index contributed by atoms with van der Waals surface area (Å²) in [6, 6.07) is 0.0000751. The lowest BCUT2D eigenvalue weighted by atomic mass is 9.95. The molecule has 0 saturated carbocycles. The fourth-order valence-electron chi connectivity index (χ4n) is 3.34. The number of hydrogen-bond acceptors (Lipinski definition) is 4. The van der Waals surface area contributed by atoms with E-state index in [0.717, 1.165) is 38.9 Å². The lowest BCUT2D eigenvalue weighted by Gasteiger charge is -2.31. The van der Waals surface area contributed by atoms with Crippen molar-refractivity contribution in [3.8, 4) is 0 Å².